The smallest absolute Gasteiger partial charge is 0.220 e. The molecular formula is C12H12F2N2O3S. The van der Waals surface area contributed by atoms with E-state index in [9.17, 15) is 17.2 Å². The van der Waals surface area contributed by atoms with Crippen molar-refractivity contribution in [2.45, 2.75) is 18.1 Å². The summed E-state index contributed by atoms with van der Waals surface area (Å²) < 4.78 is 56.4. The zero-order valence-corrected chi connectivity index (χ0v) is 11.2. The second kappa shape index (κ2) is 4.78. The third-order valence-corrected chi connectivity index (χ3v) is 5.04. The SMILES string of the molecule is O=S(=O)(Cc1noc2ccccc12)N1C[C@@H](F)[C@@H](F)C1. The van der Waals surface area contributed by atoms with Crippen molar-refractivity contribution < 1.29 is 21.7 Å². The minimum Gasteiger partial charge on any atom is -0.356 e. The summed E-state index contributed by atoms with van der Waals surface area (Å²) in [6, 6.07) is 6.84. The van der Waals surface area contributed by atoms with Crippen molar-refractivity contribution in [2.75, 3.05) is 13.1 Å². The van der Waals surface area contributed by atoms with Crippen LogP contribution in [0.3, 0.4) is 0 Å². The maximum absolute atomic E-state index is 13.1. The number of halogens is 2. The Balaban J connectivity index is 1.87. The molecule has 0 saturated carbocycles. The number of benzene rings is 1. The zero-order valence-electron chi connectivity index (χ0n) is 10.4. The summed E-state index contributed by atoms with van der Waals surface area (Å²) in [4.78, 5) is 0. The van der Waals surface area contributed by atoms with Crippen LogP contribution in [0.2, 0.25) is 0 Å². The predicted octanol–water partition coefficient (Wildman–Crippen LogP) is 1.65. The van der Waals surface area contributed by atoms with Gasteiger partial charge in [-0.15, -0.1) is 0 Å². The van der Waals surface area contributed by atoms with Crippen LogP contribution in [0.5, 0.6) is 0 Å². The van der Waals surface area contributed by atoms with Crippen molar-refractivity contribution >= 4 is 21.0 Å². The van der Waals surface area contributed by atoms with Crippen LogP contribution in [0.4, 0.5) is 8.78 Å². The average molecular weight is 302 g/mol. The molecule has 20 heavy (non-hydrogen) atoms. The van der Waals surface area contributed by atoms with Gasteiger partial charge in [-0.2, -0.15) is 4.31 Å². The molecule has 2 aromatic rings. The topological polar surface area (TPSA) is 63.4 Å². The second-order valence-electron chi connectivity index (χ2n) is 4.73. The Kier molecular flexibility index (Phi) is 3.21. The van der Waals surface area contributed by atoms with Crippen LogP contribution < -0.4 is 0 Å². The van der Waals surface area contributed by atoms with Gasteiger partial charge < -0.3 is 4.52 Å². The molecule has 0 radical (unpaired) electrons. The zero-order chi connectivity index (χ0) is 14.3. The van der Waals surface area contributed by atoms with E-state index in [2.05, 4.69) is 5.16 Å². The highest BCUT2D eigenvalue weighted by atomic mass is 32.2. The molecule has 0 N–H and O–H groups in total. The molecule has 1 aliphatic rings. The molecule has 5 nitrogen and oxygen atoms in total. The van der Waals surface area contributed by atoms with Gasteiger partial charge in [0.05, 0.1) is 0 Å². The molecule has 1 aromatic heterocycles. The summed E-state index contributed by atoms with van der Waals surface area (Å²) in [7, 11) is -3.81. The van der Waals surface area contributed by atoms with Crippen LogP contribution in [0.25, 0.3) is 11.0 Å². The third kappa shape index (κ3) is 2.29. The van der Waals surface area contributed by atoms with E-state index in [1.165, 1.54) is 0 Å². The van der Waals surface area contributed by atoms with E-state index < -0.39 is 41.2 Å². The first-order chi connectivity index (χ1) is 9.47. The number of hydrogen-bond donors (Lipinski definition) is 0. The molecule has 3 rings (SSSR count). The quantitative estimate of drug-likeness (QED) is 0.865. The summed E-state index contributed by atoms with van der Waals surface area (Å²) in [5.41, 5.74) is 0.726. The number of aromatic nitrogens is 1. The Bertz CT molecular complexity index is 721. The average Bonchev–Trinajstić information content (AvgIpc) is 2.95. The van der Waals surface area contributed by atoms with Gasteiger partial charge in [0.2, 0.25) is 10.0 Å². The number of para-hydroxylation sites is 1. The Morgan fingerprint density at radius 1 is 1.25 bits per heavy atom. The molecule has 1 fully saturated rings. The lowest BCUT2D eigenvalue weighted by molar-refractivity contribution is 0.217. The highest BCUT2D eigenvalue weighted by molar-refractivity contribution is 7.88. The summed E-state index contributed by atoms with van der Waals surface area (Å²) in [5.74, 6) is -0.427. The number of sulfonamides is 1. The molecule has 2 atom stereocenters. The fourth-order valence-corrected chi connectivity index (χ4v) is 3.70. The lowest BCUT2D eigenvalue weighted by Gasteiger charge is -2.13. The summed E-state index contributed by atoms with van der Waals surface area (Å²) in [6.45, 7) is -0.890. The van der Waals surface area contributed by atoms with E-state index in [0.717, 1.165) is 4.31 Å². The number of nitrogens with zero attached hydrogens (tertiary/aromatic N) is 2. The van der Waals surface area contributed by atoms with Crippen molar-refractivity contribution in [3.8, 4) is 0 Å². The molecule has 108 valence electrons. The maximum atomic E-state index is 13.1. The lowest BCUT2D eigenvalue weighted by Crippen LogP contribution is -2.30. The van der Waals surface area contributed by atoms with Crippen LogP contribution in [0.1, 0.15) is 5.69 Å². The van der Waals surface area contributed by atoms with Crippen molar-refractivity contribution in [1.82, 2.24) is 9.46 Å². The van der Waals surface area contributed by atoms with Crippen LogP contribution in [-0.4, -0.2) is 43.3 Å². The normalized spacial score (nSPS) is 24.5. The molecule has 0 unspecified atom stereocenters. The van der Waals surface area contributed by atoms with E-state index in [1.807, 2.05) is 0 Å². The predicted molar refractivity (Wildman–Crippen MR) is 68.0 cm³/mol. The van der Waals surface area contributed by atoms with Gasteiger partial charge in [-0.1, -0.05) is 17.3 Å². The minimum atomic E-state index is -3.81. The van der Waals surface area contributed by atoms with Crippen LogP contribution in [0.15, 0.2) is 28.8 Å². The van der Waals surface area contributed by atoms with Gasteiger partial charge in [-0.05, 0) is 12.1 Å². The van der Waals surface area contributed by atoms with Gasteiger partial charge in [-0.25, -0.2) is 17.2 Å². The Hall–Kier alpha value is -1.54. The molecule has 2 heterocycles. The Morgan fingerprint density at radius 3 is 2.60 bits per heavy atom. The highest BCUT2D eigenvalue weighted by Gasteiger charge is 2.39. The minimum absolute atomic E-state index is 0.248. The van der Waals surface area contributed by atoms with Gasteiger partial charge in [0.15, 0.2) is 5.58 Å². The van der Waals surface area contributed by atoms with Gasteiger partial charge in [0.25, 0.3) is 0 Å². The van der Waals surface area contributed by atoms with Crippen LogP contribution >= 0.6 is 0 Å². The van der Waals surface area contributed by atoms with Gasteiger partial charge in [0, 0.05) is 18.5 Å². The molecular weight excluding hydrogens is 290 g/mol. The molecule has 0 amide bonds. The van der Waals surface area contributed by atoms with E-state index in [0.29, 0.717) is 11.0 Å². The lowest BCUT2D eigenvalue weighted by atomic mass is 10.2. The largest absolute Gasteiger partial charge is 0.356 e. The van der Waals surface area contributed by atoms with Crippen LogP contribution in [-0.2, 0) is 15.8 Å². The molecule has 0 bridgehead atoms. The summed E-state index contributed by atoms with van der Waals surface area (Å²) >= 11 is 0. The second-order valence-corrected chi connectivity index (χ2v) is 6.70. The fourth-order valence-electron chi connectivity index (χ4n) is 2.23. The van der Waals surface area contributed by atoms with Gasteiger partial charge >= 0.3 is 0 Å². The monoisotopic (exact) mass is 302 g/mol. The first-order valence-corrected chi connectivity index (χ1v) is 7.67. The number of fused-ring (bicyclic) bond motifs is 1. The van der Waals surface area contributed by atoms with Crippen molar-refractivity contribution in [3.63, 3.8) is 0 Å². The van der Waals surface area contributed by atoms with Gasteiger partial charge in [0.1, 0.15) is 23.8 Å². The molecule has 8 heteroatoms. The van der Waals surface area contributed by atoms with E-state index in [1.54, 1.807) is 24.3 Å². The first-order valence-electron chi connectivity index (χ1n) is 6.06. The number of rotatable bonds is 3. The summed E-state index contributed by atoms with van der Waals surface area (Å²) in [6.07, 6.45) is -3.53. The summed E-state index contributed by atoms with van der Waals surface area (Å²) in [5, 5.41) is 4.31. The molecule has 1 aliphatic heterocycles. The number of alkyl halides is 2. The number of hydrogen-bond acceptors (Lipinski definition) is 4. The standard InChI is InChI=1S/C12H12F2N2O3S/c13-9-5-16(6-10(9)14)20(17,18)7-11-8-3-1-2-4-12(8)19-15-11/h1-4,9-10H,5-7H2/t9-,10+. The van der Waals surface area contributed by atoms with E-state index >= 15 is 0 Å². The Labute approximate surface area is 114 Å². The fraction of sp³-hybridized carbons (Fsp3) is 0.417. The molecule has 0 spiro atoms. The highest BCUT2D eigenvalue weighted by Crippen LogP contribution is 2.24. The maximum Gasteiger partial charge on any atom is 0.220 e. The molecule has 1 aromatic carbocycles. The molecule has 1 saturated heterocycles. The third-order valence-electron chi connectivity index (χ3n) is 3.31. The van der Waals surface area contributed by atoms with E-state index in [4.69, 9.17) is 4.52 Å². The van der Waals surface area contributed by atoms with Gasteiger partial charge in [-0.3, -0.25) is 0 Å². The van der Waals surface area contributed by atoms with Crippen LogP contribution in [0, 0.1) is 0 Å². The van der Waals surface area contributed by atoms with E-state index in [-0.39, 0.29) is 5.69 Å². The first kappa shape index (κ1) is 13.4. The Morgan fingerprint density at radius 2 is 1.90 bits per heavy atom. The van der Waals surface area contributed by atoms with Crippen molar-refractivity contribution in [1.29, 1.82) is 0 Å². The van der Waals surface area contributed by atoms with Crippen molar-refractivity contribution in [3.05, 3.63) is 30.0 Å². The van der Waals surface area contributed by atoms with Crippen molar-refractivity contribution in [2.24, 2.45) is 0 Å². The molecule has 0 aliphatic carbocycles.